The van der Waals surface area contributed by atoms with Crippen molar-refractivity contribution < 1.29 is 27.3 Å². The van der Waals surface area contributed by atoms with Gasteiger partial charge in [0.15, 0.2) is 13.7 Å². The SMILES string of the molecule is C=CC(=O)[Si](C)(C)O[Si](C)(C)O[Si](C)(C)CCCCOC(=O)OCC. The van der Waals surface area contributed by atoms with E-state index in [1.54, 1.807) is 6.92 Å². The van der Waals surface area contributed by atoms with Crippen molar-refractivity contribution in [2.24, 2.45) is 0 Å². The Morgan fingerprint density at radius 3 is 2.08 bits per heavy atom. The predicted molar refractivity (Wildman–Crippen MR) is 107 cm³/mol. The van der Waals surface area contributed by atoms with Crippen LogP contribution in [-0.4, -0.2) is 50.0 Å². The van der Waals surface area contributed by atoms with Crippen molar-refractivity contribution in [1.82, 2.24) is 0 Å². The molecule has 25 heavy (non-hydrogen) atoms. The fourth-order valence-corrected chi connectivity index (χ4v) is 15.8. The van der Waals surface area contributed by atoms with Crippen LogP contribution in [0.1, 0.15) is 19.8 Å². The van der Waals surface area contributed by atoms with E-state index in [1.165, 1.54) is 6.08 Å². The van der Waals surface area contributed by atoms with Gasteiger partial charge in [-0.2, -0.15) is 0 Å². The molecule has 0 aromatic rings. The zero-order valence-corrected chi connectivity index (χ0v) is 19.8. The van der Waals surface area contributed by atoms with Crippen molar-refractivity contribution in [3.63, 3.8) is 0 Å². The molecule has 0 radical (unpaired) electrons. The first kappa shape index (κ1) is 24.3. The highest BCUT2D eigenvalue weighted by atomic mass is 28.5. The highest BCUT2D eigenvalue weighted by Gasteiger charge is 2.42. The standard InChI is InChI=1S/C16H34O6Si3/c1-9-15(17)24(5,6)22-25(7,8)21-23(3,4)14-12-11-13-20-16(18)19-10-2/h9H,1,10-14H2,2-8H3. The molecule has 0 saturated heterocycles. The third kappa shape index (κ3) is 10.8. The molecule has 0 spiro atoms. The van der Waals surface area contributed by atoms with Gasteiger partial charge in [0.25, 0.3) is 8.32 Å². The summed E-state index contributed by atoms with van der Waals surface area (Å²) in [6.45, 7) is 18.0. The Bertz CT molecular complexity index is 463. The lowest BCUT2D eigenvalue weighted by atomic mass is 10.4. The van der Waals surface area contributed by atoms with Gasteiger partial charge in [-0.25, -0.2) is 4.79 Å². The van der Waals surface area contributed by atoms with Crippen LogP contribution in [0.25, 0.3) is 0 Å². The topological polar surface area (TPSA) is 71.1 Å². The van der Waals surface area contributed by atoms with Crippen molar-refractivity contribution >= 4 is 36.8 Å². The molecule has 0 aliphatic carbocycles. The number of hydrogen-bond donors (Lipinski definition) is 0. The van der Waals surface area contributed by atoms with Crippen LogP contribution in [0, 0.1) is 0 Å². The third-order valence-electron chi connectivity index (χ3n) is 3.46. The lowest BCUT2D eigenvalue weighted by Crippen LogP contribution is -2.55. The van der Waals surface area contributed by atoms with Crippen LogP contribution in [0.3, 0.4) is 0 Å². The second kappa shape index (κ2) is 10.4. The molecule has 146 valence electrons. The van der Waals surface area contributed by atoms with Gasteiger partial charge in [-0.1, -0.05) is 13.0 Å². The zero-order chi connectivity index (χ0) is 19.7. The number of rotatable bonds is 12. The van der Waals surface area contributed by atoms with Gasteiger partial charge in [-0.15, -0.1) is 0 Å². The normalized spacial score (nSPS) is 12.6. The number of ether oxygens (including phenoxy) is 2. The van der Waals surface area contributed by atoms with Crippen molar-refractivity contribution in [3.05, 3.63) is 12.7 Å². The number of hydrogen-bond acceptors (Lipinski definition) is 6. The Labute approximate surface area is 155 Å². The first-order valence-corrected chi connectivity index (χ1v) is 17.6. The maximum Gasteiger partial charge on any atom is 0.508 e. The van der Waals surface area contributed by atoms with E-state index in [0.29, 0.717) is 13.2 Å². The average molecular weight is 407 g/mol. The highest BCUT2D eigenvalue weighted by Crippen LogP contribution is 2.24. The minimum atomic E-state index is -2.48. The van der Waals surface area contributed by atoms with E-state index in [2.05, 4.69) is 19.7 Å². The molecule has 0 bridgehead atoms. The quantitative estimate of drug-likeness (QED) is 0.207. The maximum absolute atomic E-state index is 12.0. The third-order valence-corrected chi connectivity index (χ3v) is 14.6. The van der Waals surface area contributed by atoms with E-state index in [0.717, 1.165) is 18.9 Å². The Morgan fingerprint density at radius 1 is 0.960 bits per heavy atom. The van der Waals surface area contributed by atoms with Gasteiger partial charge in [-0.05, 0) is 64.7 Å². The van der Waals surface area contributed by atoms with Crippen LogP contribution >= 0.6 is 0 Å². The monoisotopic (exact) mass is 406 g/mol. The molecular weight excluding hydrogens is 372 g/mol. The molecule has 0 aromatic carbocycles. The van der Waals surface area contributed by atoms with Crippen molar-refractivity contribution in [3.8, 4) is 0 Å². The molecule has 0 aliphatic rings. The minimum Gasteiger partial charge on any atom is -0.437 e. The smallest absolute Gasteiger partial charge is 0.437 e. The van der Waals surface area contributed by atoms with Gasteiger partial charge in [0.05, 0.1) is 13.2 Å². The number of carbonyl (C=O) groups excluding carboxylic acids is 2. The Morgan fingerprint density at radius 2 is 1.56 bits per heavy atom. The molecular formula is C16H34O6Si3. The van der Waals surface area contributed by atoms with E-state index in [-0.39, 0.29) is 5.41 Å². The highest BCUT2D eigenvalue weighted by molar-refractivity contribution is 7.05. The van der Waals surface area contributed by atoms with Crippen LogP contribution in [0.4, 0.5) is 4.79 Å². The molecule has 0 amide bonds. The molecule has 0 fully saturated rings. The fraction of sp³-hybridized carbons (Fsp3) is 0.750. The zero-order valence-electron chi connectivity index (χ0n) is 16.8. The molecule has 0 atom stereocenters. The first-order chi connectivity index (χ1) is 11.4. The van der Waals surface area contributed by atoms with Gasteiger partial charge in [-0.3, -0.25) is 4.79 Å². The molecule has 0 aliphatic heterocycles. The lowest BCUT2D eigenvalue weighted by molar-refractivity contribution is -0.109. The van der Waals surface area contributed by atoms with Crippen LogP contribution in [0.15, 0.2) is 12.7 Å². The molecule has 0 unspecified atom stereocenters. The average Bonchev–Trinajstić information content (AvgIpc) is 2.43. The Balaban J connectivity index is 4.37. The van der Waals surface area contributed by atoms with Gasteiger partial charge in [0.1, 0.15) is 0 Å². The molecule has 0 rings (SSSR count). The van der Waals surface area contributed by atoms with Gasteiger partial charge in [0.2, 0.25) is 0 Å². The Hall–Kier alpha value is -0.749. The van der Waals surface area contributed by atoms with E-state index < -0.39 is 31.4 Å². The largest absolute Gasteiger partial charge is 0.508 e. The second-order valence-electron chi connectivity index (χ2n) is 7.43. The lowest BCUT2D eigenvalue weighted by Gasteiger charge is -2.37. The summed E-state index contributed by atoms with van der Waals surface area (Å²) in [6.07, 6.45) is 2.42. The molecule has 0 aromatic heterocycles. The first-order valence-electron chi connectivity index (χ1n) is 8.72. The fourth-order valence-electron chi connectivity index (χ4n) is 2.62. The van der Waals surface area contributed by atoms with Crippen molar-refractivity contribution in [2.45, 2.75) is 65.1 Å². The number of unbranched alkanes of at least 4 members (excludes halogenated alkanes) is 1. The molecule has 9 heteroatoms. The van der Waals surface area contributed by atoms with Crippen LogP contribution in [0.5, 0.6) is 0 Å². The summed E-state index contributed by atoms with van der Waals surface area (Å²) in [5.41, 5.74) is 0. The summed E-state index contributed by atoms with van der Waals surface area (Å²) in [7, 11) is -6.80. The second-order valence-corrected chi connectivity index (χ2v) is 19.4. The summed E-state index contributed by atoms with van der Waals surface area (Å²) in [6, 6.07) is 0.941. The maximum atomic E-state index is 12.0. The summed E-state index contributed by atoms with van der Waals surface area (Å²) in [4.78, 5) is 23.1. The summed E-state index contributed by atoms with van der Waals surface area (Å²) < 4.78 is 22.2. The minimum absolute atomic E-state index is 0.00716. The van der Waals surface area contributed by atoms with Crippen LogP contribution < -0.4 is 0 Å². The van der Waals surface area contributed by atoms with Gasteiger partial charge in [0, 0.05) is 0 Å². The van der Waals surface area contributed by atoms with Crippen molar-refractivity contribution in [2.75, 3.05) is 13.2 Å². The van der Waals surface area contributed by atoms with E-state index in [4.69, 9.17) is 17.7 Å². The molecule has 0 N–H and O–H groups in total. The summed E-state index contributed by atoms with van der Waals surface area (Å²) in [5.74, 6) is 0. The van der Waals surface area contributed by atoms with Crippen LogP contribution in [0.2, 0.25) is 45.3 Å². The summed E-state index contributed by atoms with van der Waals surface area (Å²) >= 11 is 0. The molecule has 6 nitrogen and oxygen atoms in total. The van der Waals surface area contributed by atoms with E-state index >= 15 is 0 Å². The van der Waals surface area contributed by atoms with E-state index in [1.807, 2.05) is 26.2 Å². The predicted octanol–water partition coefficient (Wildman–Crippen LogP) is 4.38. The molecule has 0 saturated carbocycles. The number of allylic oxidation sites excluding steroid dienone is 1. The van der Waals surface area contributed by atoms with Crippen molar-refractivity contribution in [1.29, 1.82) is 0 Å². The summed E-state index contributed by atoms with van der Waals surface area (Å²) in [5, 5.41) is -0.00716. The number of carbonyl (C=O) groups is 2. The molecule has 0 heterocycles. The van der Waals surface area contributed by atoms with Gasteiger partial charge >= 0.3 is 14.7 Å². The Kier molecular flexibility index (Phi) is 10.1. The van der Waals surface area contributed by atoms with E-state index in [9.17, 15) is 9.59 Å². The van der Waals surface area contributed by atoms with Crippen LogP contribution in [-0.2, 0) is 22.5 Å². The van der Waals surface area contributed by atoms with Gasteiger partial charge < -0.3 is 17.7 Å².